The number of phenols is 2. The first-order chi connectivity index (χ1) is 16.9. The van der Waals surface area contributed by atoms with E-state index in [-0.39, 0.29) is 23.3 Å². The van der Waals surface area contributed by atoms with Crippen LogP contribution in [0.5, 0.6) is 11.5 Å². The van der Waals surface area contributed by atoms with Gasteiger partial charge in [-0.3, -0.25) is 14.7 Å². The van der Waals surface area contributed by atoms with Crippen molar-refractivity contribution < 1.29 is 19.7 Å². The van der Waals surface area contributed by atoms with Crippen molar-refractivity contribution in [3.05, 3.63) is 65.5 Å². The minimum Gasteiger partial charge on any atom is -0.508 e. The largest absolute Gasteiger partial charge is 0.508 e. The summed E-state index contributed by atoms with van der Waals surface area (Å²) >= 11 is 0. The second-order valence-corrected chi connectivity index (χ2v) is 9.11. The Kier molecular flexibility index (Phi) is 7.68. The molecule has 7 heteroatoms. The first kappa shape index (κ1) is 24.7. The van der Waals surface area contributed by atoms with E-state index in [1.165, 1.54) is 11.6 Å². The van der Waals surface area contributed by atoms with E-state index in [9.17, 15) is 15.0 Å². The van der Waals surface area contributed by atoms with E-state index in [0.29, 0.717) is 28.9 Å². The normalized spacial score (nSPS) is 14.3. The highest BCUT2D eigenvalue weighted by Crippen LogP contribution is 2.42. The summed E-state index contributed by atoms with van der Waals surface area (Å²) in [7, 11) is 0. The molecular formula is C28H33N3O4. The maximum absolute atomic E-state index is 13.0. The van der Waals surface area contributed by atoms with Gasteiger partial charge >= 0.3 is 0 Å². The number of carbonyl (C=O) groups is 1. The predicted octanol–water partition coefficient (Wildman–Crippen LogP) is 4.53. The van der Waals surface area contributed by atoms with Gasteiger partial charge in [0.05, 0.1) is 13.2 Å². The Morgan fingerprint density at radius 3 is 2.43 bits per heavy atom. The molecule has 1 fully saturated rings. The van der Waals surface area contributed by atoms with Gasteiger partial charge in [-0.1, -0.05) is 38.1 Å². The maximum Gasteiger partial charge on any atom is 0.270 e. The average molecular weight is 476 g/mol. The molecule has 0 spiro atoms. The van der Waals surface area contributed by atoms with Crippen LogP contribution in [0.3, 0.4) is 0 Å². The SMILES string of the molecule is CCNC(=O)c1nccc(-c2cc(C(C)C)c(O)cc2O)c1-c1ccc(CN2CCOCC2)cc1. The molecular weight excluding hydrogens is 442 g/mol. The lowest BCUT2D eigenvalue weighted by Crippen LogP contribution is -2.35. The number of rotatable bonds is 7. The van der Waals surface area contributed by atoms with Gasteiger partial charge in [-0.15, -0.1) is 0 Å². The fraction of sp³-hybridized carbons (Fsp3) is 0.357. The van der Waals surface area contributed by atoms with Crippen molar-refractivity contribution >= 4 is 5.91 Å². The Bertz CT molecular complexity index is 1190. The second-order valence-electron chi connectivity index (χ2n) is 9.11. The Morgan fingerprint density at radius 2 is 1.77 bits per heavy atom. The number of hydrogen-bond donors (Lipinski definition) is 3. The molecule has 1 aromatic heterocycles. The molecule has 1 amide bonds. The molecule has 0 bridgehead atoms. The zero-order valence-electron chi connectivity index (χ0n) is 20.5. The van der Waals surface area contributed by atoms with Gasteiger partial charge in [0.1, 0.15) is 17.2 Å². The minimum absolute atomic E-state index is 0.0493. The number of nitrogens with zero attached hydrogens (tertiary/aromatic N) is 2. The highest BCUT2D eigenvalue weighted by Gasteiger charge is 2.22. The van der Waals surface area contributed by atoms with Crippen molar-refractivity contribution in [3.63, 3.8) is 0 Å². The van der Waals surface area contributed by atoms with Crippen molar-refractivity contribution in [1.29, 1.82) is 0 Å². The van der Waals surface area contributed by atoms with Crippen LogP contribution in [0.25, 0.3) is 22.3 Å². The van der Waals surface area contributed by atoms with Crippen LogP contribution < -0.4 is 5.32 Å². The third kappa shape index (κ3) is 5.47. The number of morpholine rings is 1. The van der Waals surface area contributed by atoms with Crippen LogP contribution in [0.1, 0.15) is 48.3 Å². The molecule has 1 saturated heterocycles. The van der Waals surface area contributed by atoms with Crippen LogP contribution in [-0.2, 0) is 11.3 Å². The molecule has 0 aliphatic carbocycles. The smallest absolute Gasteiger partial charge is 0.270 e. The first-order valence-corrected chi connectivity index (χ1v) is 12.1. The topological polar surface area (TPSA) is 94.9 Å². The molecule has 0 radical (unpaired) electrons. The third-order valence-corrected chi connectivity index (χ3v) is 6.31. The van der Waals surface area contributed by atoms with Gasteiger partial charge in [0.15, 0.2) is 0 Å². The van der Waals surface area contributed by atoms with Crippen LogP contribution >= 0.6 is 0 Å². The summed E-state index contributed by atoms with van der Waals surface area (Å²) in [5, 5.41) is 24.0. The molecule has 4 rings (SSSR count). The molecule has 2 heterocycles. The number of aromatic nitrogens is 1. The lowest BCUT2D eigenvalue weighted by atomic mass is 9.89. The summed E-state index contributed by atoms with van der Waals surface area (Å²) in [6, 6.07) is 13.1. The summed E-state index contributed by atoms with van der Waals surface area (Å²) in [5.74, 6) is -0.218. The molecule has 0 atom stereocenters. The van der Waals surface area contributed by atoms with Crippen LogP contribution in [0.2, 0.25) is 0 Å². The van der Waals surface area contributed by atoms with Crippen molar-refractivity contribution in [1.82, 2.24) is 15.2 Å². The van der Waals surface area contributed by atoms with Gasteiger partial charge in [-0.2, -0.15) is 0 Å². The van der Waals surface area contributed by atoms with Gasteiger partial charge in [0.25, 0.3) is 5.91 Å². The molecule has 3 N–H and O–H groups in total. The standard InChI is InChI=1S/C28H33N3O4/c1-4-29-28(34)27-26(20-7-5-19(6-8-20)17-31-11-13-35-14-12-31)21(9-10-30-27)23-15-22(18(2)3)24(32)16-25(23)33/h5-10,15-16,18,32-33H,4,11-14,17H2,1-3H3,(H,29,34). The van der Waals surface area contributed by atoms with Gasteiger partial charge in [-0.25, -0.2) is 0 Å². The van der Waals surface area contributed by atoms with Crippen molar-refractivity contribution in [2.75, 3.05) is 32.8 Å². The first-order valence-electron chi connectivity index (χ1n) is 12.1. The number of hydrogen-bond acceptors (Lipinski definition) is 6. The zero-order chi connectivity index (χ0) is 24.9. The zero-order valence-corrected chi connectivity index (χ0v) is 20.5. The van der Waals surface area contributed by atoms with Gasteiger partial charge in [0.2, 0.25) is 0 Å². The lowest BCUT2D eigenvalue weighted by molar-refractivity contribution is 0.0342. The maximum atomic E-state index is 13.0. The molecule has 3 aromatic rings. The molecule has 0 unspecified atom stereocenters. The molecule has 0 saturated carbocycles. The van der Waals surface area contributed by atoms with E-state index in [1.807, 2.05) is 32.9 Å². The molecule has 35 heavy (non-hydrogen) atoms. The summed E-state index contributed by atoms with van der Waals surface area (Å²) in [4.78, 5) is 19.7. The van der Waals surface area contributed by atoms with Crippen molar-refractivity contribution in [3.8, 4) is 33.8 Å². The monoisotopic (exact) mass is 475 g/mol. The van der Waals surface area contributed by atoms with Gasteiger partial charge < -0.3 is 20.3 Å². The predicted molar refractivity (Wildman–Crippen MR) is 137 cm³/mol. The van der Waals surface area contributed by atoms with Crippen molar-refractivity contribution in [2.45, 2.75) is 33.2 Å². The van der Waals surface area contributed by atoms with Crippen LogP contribution in [0.4, 0.5) is 0 Å². The average Bonchev–Trinajstić information content (AvgIpc) is 2.85. The van der Waals surface area contributed by atoms with E-state index in [0.717, 1.165) is 44.0 Å². The number of pyridine rings is 1. The number of aromatic hydroxyl groups is 2. The molecule has 7 nitrogen and oxygen atoms in total. The fourth-order valence-electron chi connectivity index (χ4n) is 4.46. The van der Waals surface area contributed by atoms with Gasteiger partial charge in [-0.05, 0) is 47.2 Å². The van der Waals surface area contributed by atoms with E-state index in [1.54, 1.807) is 18.3 Å². The summed E-state index contributed by atoms with van der Waals surface area (Å²) in [6.07, 6.45) is 1.58. The Morgan fingerprint density at radius 1 is 1.06 bits per heavy atom. The third-order valence-electron chi connectivity index (χ3n) is 6.31. The minimum atomic E-state index is -0.274. The summed E-state index contributed by atoms with van der Waals surface area (Å²) in [5.41, 5.74) is 4.90. The fourth-order valence-corrected chi connectivity index (χ4v) is 4.46. The number of ether oxygens (including phenoxy) is 1. The van der Waals surface area contributed by atoms with E-state index in [2.05, 4.69) is 27.3 Å². The Labute approximate surface area is 206 Å². The van der Waals surface area contributed by atoms with Crippen LogP contribution in [0, 0.1) is 0 Å². The number of carbonyl (C=O) groups excluding carboxylic acids is 1. The van der Waals surface area contributed by atoms with Crippen molar-refractivity contribution in [2.24, 2.45) is 0 Å². The second kappa shape index (κ2) is 10.9. The summed E-state index contributed by atoms with van der Waals surface area (Å²) < 4.78 is 5.44. The molecule has 1 aliphatic heterocycles. The van der Waals surface area contributed by atoms with Gasteiger partial charge in [0, 0.05) is 49.6 Å². The number of nitrogens with one attached hydrogen (secondary N) is 1. The Balaban J connectivity index is 1.81. The highest BCUT2D eigenvalue weighted by molar-refractivity contribution is 6.03. The van der Waals surface area contributed by atoms with E-state index in [4.69, 9.17) is 4.74 Å². The molecule has 1 aliphatic rings. The summed E-state index contributed by atoms with van der Waals surface area (Å²) in [6.45, 7) is 10.5. The molecule has 184 valence electrons. The molecule has 2 aromatic carbocycles. The quantitative estimate of drug-likeness (QED) is 0.465. The lowest BCUT2D eigenvalue weighted by Gasteiger charge is -2.26. The Hall–Kier alpha value is -3.42. The van der Waals surface area contributed by atoms with E-state index >= 15 is 0 Å². The number of amides is 1. The number of benzene rings is 2. The van der Waals surface area contributed by atoms with Crippen LogP contribution in [0.15, 0.2) is 48.7 Å². The highest BCUT2D eigenvalue weighted by atomic mass is 16.5. The number of phenolic OH excluding ortho intramolecular Hbond substituents is 2. The van der Waals surface area contributed by atoms with Crippen LogP contribution in [-0.4, -0.2) is 58.9 Å². The van der Waals surface area contributed by atoms with E-state index < -0.39 is 0 Å².